The van der Waals surface area contributed by atoms with Crippen molar-refractivity contribution >= 4 is 21.5 Å². The van der Waals surface area contributed by atoms with Crippen LogP contribution < -0.4 is 4.72 Å². The molecule has 0 amide bonds. The summed E-state index contributed by atoms with van der Waals surface area (Å²) in [6.45, 7) is 11.0. The van der Waals surface area contributed by atoms with Crippen molar-refractivity contribution in [2.75, 3.05) is 27.2 Å². The second-order valence-corrected chi connectivity index (χ2v) is 10.3. The molecular weight excluding hydrogens is 344 g/mol. The van der Waals surface area contributed by atoms with Crippen LogP contribution in [0.1, 0.15) is 36.3 Å². The monoisotopic (exact) mass is 374 g/mol. The van der Waals surface area contributed by atoms with Crippen LogP contribution in [0, 0.1) is 18.8 Å². The third-order valence-electron chi connectivity index (χ3n) is 4.67. The summed E-state index contributed by atoms with van der Waals surface area (Å²) in [7, 11) is -0.281. The number of likely N-dealkylation sites (tertiary alicyclic amines) is 1. The molecule has 1 aliphatic heterocycles. The molecule has 2 heterocycles. The first kappa shape index (κ1) is 19.8. The minimum atomic E-state index is -3.41. The fourth-order valence-corrected chi connectivity index (χ4v) is 5.16. The van der Waals surface area contributed by atoms with Crippen molar-refractivity contribution in [3.05, 3.63) is 15.6 Å². The molecule has 6 nitrogen and oxygen atoms in total. The van der Waals surface area contributed by atoms with Gasteiger partial charge in [0.1, 0.15) is 0 Å². The predicted molar refractivity (Wildman–Crippen MR) is 99.4 cm³/mol. The highest BCUT2D eigenvalue weighted by atomic mass is 32.2. The molecule has 0 aromatic carbocycles. The molecular formula is C16H30N4O2S2. The van der Waals surface area contributed by atoms with Gasteiger partial charge in [-0.05, 0) is 25.2 Å². The second-order valence-electron chi connectivity index (χ2n) is 7.07. The van der Waals surface area contributed by atoms with Gasteiger partial charge in [0.2, 0.25) is 0 Å². The Balaban J connectivity index is 2.12. The molecule has 138 valence electrons. The van der Waals surface area contributed by atoms with Gasteiger partial charge in [-0.3, -0.25) is 4.90 Å². The number of aryl methyl sites for hydroxylation is 2. The predicted octanol–water partition coefficient (Wildman–Crippen LogP) is 1.87. The van der Waals surface area contributed by atoms with Crippen LogP contribution >= 0.6 is 11.3 Å². The molecule has 1 N–H and O–H groups in total. The van der Waals surface area contributed by atoms with E-state index in [1.165, 1.54) is 14.9 Å². The van der Waals surface area contributed by atoms with Crippen LogP contribution in [-0.2, 0) is 23.2 Å². The van der Waals surface area contributed by atoms with Gasteiger partial charge in [0.25, 0.3) is 10.2 Å². The molecule has 1 aromatic rings. The van der Waals surface area contributed by atoms with E-state index in [0.717, 1.165) is 31.1 Å². The van der Waals surface area contributed by atoms with E-state index in [0.29, 0.717) is 11.8 Å². The Bertz CT molecular complexity index is 655. The van der Waals surface area contributed by atoms with E-state index in [4.69, 9.17) is 0 Å². The number of nitrogens with one attached hydrogen (secondary N) is 1. The van der Waals surface area contributed by atoms with Crippen LogP contribution in [0.4, 0.5) is 0 Å². The second kappa shape index (κ2) is 7.78. The van der Waals surface area contributed by atoms with Crippen LogP contribution in [0.3, 0.4) is 0 Å². The molecule has 2 atom stereocenters. The smallest absolute Gasteiger partial charge is 0.279 e. The quantitative estimate of drug-likeness (QED) is 0.791. The van der Waals surface area contributed by atoms with Gasteiger partial charge in [-0.1, -0.05) is 20.8 Å². The normalized spacial score (nSPS) is 22.8. The molecule has 1 aromatic heterocycles. The summed E-state index contributed by atoms with van der Waals surface area (Å²) in [6.07, 6.45) is 0.942. The first-order valence-electron chi connectivity index (χ1n) is 8.51. The van der Waals surface area contributed by atoms with Crippen LogP contribution in [0.25, 0.3) is 0 Å². The standard InChI is InChI=1S/C16H30N4O2S2/c1-7-14-16(23-12(4)17-14)10-20-8-13(11(2)3)15(9-20)18-24(21,22)19(5)6/h11,13,15,18H,7-10H2,1-6H3/t13-,15+/m0/s1. The lowest BCUT2D eigenvalue weighted by molar-refractivity contribution is 0.297. The number of rotatable bonds is 7. The number of thiazole rings is 1. The zero-order valence-corrected chi connectivity index (χ0v) is 17.2. The molecule has 1 fully saturated rings. The molecule has 2 rings (SSSR count). The minimum absolute atomic E-state index is 0.0449. The Kier molecular flexibility index (Phi) is 6.41. The van der Waals surface area contributed by atoms with Crippen molar-refractivity contribution < 1.29 is 8.42 Å². The summed E-state index contributed by atoms with van der Waals surface area (Å²) in [4.78, 5) is 8.27. The summed E-state index contributed by atoms with van der Waals surface area (Å²) in [5.41, 5.74) is 1.18. The van der Waals surface area contributed by atoms with Gasteiger partial charge in [-0.15, -0.1) is 11.3 Å². The zero-order valence-electron chi connectivity index (χ0n) is 15.5. The molecule has 8 heteroatoms. The molecule has 1 aliphatic rings. The van der Waals surface area contributed by atoms with Crippen molar-refractivity contribution in [3.8, 4) is 0 Å². The fourth-order valence-electron chi connectivity index (χ4n) is 3.25. The molecule has 24 heavy (non-hydrogen) atoms. The van der Waals surface area contributed by atoms with Gasteiger partial charge in [-0.2, -0.15) is 17.4 Å². The van der Waals surface area contributed by atoms with Gasteiger partial charge in [0.05, 0.1) is 10.7 Å². The average molecular weight is 375 g/mol. The first-order valence-corrected chi connectivity index (χ1v) is 10.8. The number of hydrogen-bond donors (Lipinski definition) is 1. The van der Waals surface area contributed by atoms with E-state index in [1.54, 1.807) is 25.4 Å². The van der Waals surface area contributed by atoms with E-state index in [9.17, 15) is 8.42 Å². The first-order chi connectivity index (χ1) is 11.1. The van der Waals surface area contributed by atoms with Crippen molar-refractivity contribution in [1.29, 1.82) is 0 Å². The van der Waals surface area contributed by atoms with Gasteiger partial charge in [0, 0.05) is 44.6 Å². The van der Waals surface area contributed by atoms with Gasteiger partial charge >= 0.3 is 0 Å². The Morgan fingerprint density at radius 2 is 2.04 bits per heavy atom. The molecule has 1 saturated heterocycles. The minimum Gasteiger partial charge on any atom is -0.296 e. The summed E-state index contributed by atoms with van der Waals surface area (Å²) < 4.78 is 28.5. The van der Waals surface area contributed by atoms with Crippen molar-refractivity contribution in [2.45, 2.75) is 46.7 Å². The van der Waals surface area contributed by atoms with E-state index in [-0.39, 0.29) is 6.04 Å². The Morgan fingerprint density at radius 3 is 2.58 bits per heavy atom. The van der Waals surface area contributed by atoms with Gasteiger partial charge < -0.3 is 0 Å². The molecule has 0 bridgehead atoms. The van der Waals surface area contributed by atoms with Gasteiger partial charge in [-0.25, -0.2) is 4.98 Å². The Morgan fingerprint density at radius 1 is 1.38 bits per heavy atom. The van der Waals surface area contributed by atoms with E-state index in [1.807, 2.05) is 6.92 Å². The molecule has 0 saturated carbocycles. The summed E-state index contributed by atoms with van der Waals surface area (Å²) in [5.74, 6) is 0.748. The van der Waals surface area contributed by atoms with Crippen molar-refractivity contribution in [3.63, 3.8) is 0 Å². The van der Waals surface area contributed by atoms with E-state index < -0.39 is 10.2 Å². The van der Waals surface area contributed by atoms with Crippen LogP contribution in [0.2, 0.25) is 0 Å². The highest BCUT2D eigenvalue weighted by Crippen LogP contribution is 2.28. The maximum atomic E-state index is 12.2. The van der Waals surface area contributed by atoms with Crippen LogP contribution in [-0.4, -0.2) is 55.8 Å². The topological polar surface area (TPSA) is 65.5 Å². The summed E-state index contributed by atoms with van der Waals surface area (Å²) in [5, 5.41) is 1.10. The SMILES string of the molecule is CCc1nc(C)sc1CN1C[C@@H](NS(=O)(=O)N(C)C)[C@H](C(C)C)C1. The lowest BCUT2D eigenvalue weighted by Gasteiger charge is -2.24. The fraction of sp³-hybridized carbons (Fsp3) is 0.812. The molecule has 0 unspecified atom stereocenters. The number of hydrogen-bond acceptors (Lipinski definition) is 5. The third kappa shape index (κ3) is 4.54. The Labute approximate surface area is 150 Å². The van der Waals surface area contributed by atoms with Crippen LogP contribution in [0.15, 0.2) is 0 Å². The largest absolute Gasteiger partial charge is 0.296 e. The summed E-state index contributed by atoms with van der Waals surface area (Å²) >= 11 is 1.76. The zero-order chi connectivity index (χ0) is 18.1. The maximum Gasteiger partial charge on any atom is 0.279 e. The Hall–Kier alpha value is -0.540. The lowest BCUT2D eigenvalue weighted by Crippen LogP contribution is -2.46. The van der Waals surface area contributed by atoms with Crippen LogP contribution in [0.5, 0.6) is 0 Å². The van der Waals surface area contributed by atoms with Crippen molar-refractivity contribution in [1.82, 2.24) is 18.9 Å². The highest BCUT2D eigenvalue weighted by Gasteiger charge is 2.37. The number of nitrogens with zero attached hydrogens (tertiary/aromatic N) is 3. The highest BCUT2D eigenvalue weighted by molar-refractivity contribution is 7.87. The molecule has 0 aliphatic carbocycles. The van der Waals surface area contributed by atoms with E-state index in [2.05, 4.69) is 35.4 Å². The average Bonchev–Trinajstić information content (AvgIpc) is 3.02. The molecule has 0 radical (unpaired) electrons. The molecule has 0 spiro atoms. The lowest BCUT2D eigenvalue weighted by atomic mass is 9.92. The third-order valence-corrected chi connectivity index (χ3v) is 7.23. The number of aromatic nitrogens is 1. The van der Waals surface area contributed by atoms with Crippen molar-refractivity contribution in [2.24, 2.45) is 11.8 Å². The maximum absolute atomic E-state index is 12.2. The van der Waals surface area contributed by atoms with E-state index >= 15 is 0 Å². The van der Waals surface area contributed by atoms with Gasteiger partial charge in [0.15, 0.2) is 0 Å². The summed E-state index contributed by atoms with van der Waals surface area (Å²) in [6, 6.07) is -0.0449.